The van der Waals surface area contributed by atoms with E-state index in [0.29, 0.717) is 11.5 Å². The van der Waals surface area contributed by atoms with Crippen LogP contribution in [0.4, 0.5) is 13.2 Å². The smallest absolute Gasteiger partial charge is 0.380 e. The SMILES string of the molecule is Cc1nc(C(F)(F)F)ccc1S(=O)(=O)N1C2CCC1CC(N1CC3(COC3)C1)C2. The largest absolute Gasteiger partial charge is 0.433 e. The fourth-order valence-electron chi connectivity index (χ4n) is 5.54. The van der Waals surface area contributed by atoms with Crippen LogP contribution in [0.2, 0.25) is 0 Å². The Balaban J connectivity index is 1.35. The lowest BCUT2D eigenvalue weighted by Gasteiger charge is -2.59. The number of hydrogen-bond donors (Lipinski definition) is 0. The molecule has 0 aliphatic carbocycles. The van der Waals surface area contributed by atoms with E-state index in [2.05, 4.69) is 9.88 Å². The third-order valence-electron chi connectivity index (χ3n) is 6.93. The van der Waals surface area contributed by atoms with Crippen LogP contribution in [0.5, 0.6) is 0 Å². The Morgan fingerprint density at radius 3 is 2.21 bits per heavy atom. The van der Waals surface area contributed by atoms with Crippen molar-refractivity contribution >= 4 is 10.0 Å². The maximum atomic E-state index is 13.3. The number of likely N-dealkylation sites (tertiary alicyclic amines) is 1. The number of rotatable bonds is 3. The van der Waals surface area contributed by atoms with Crippen LogP contribution in [0.25, 0.3) is 0 Å². The number of piperidine rings is 1. The van der Waals surface area contributed by atoms with Crippen LogP contribution >= 0.6 is 0 Å². The highest BCUT2D eigenvalue weighted by atomic mass is 32.2. The van der Waals surface area contributed by atoms with Gasteiger partial charge in [0.15, 0.2) is 0 Å². The number of pyridine rings is 1. The number of nitrogens with zero attached hydrogens (tertiary/aromatic N) is 3. The van der Waals surface area contributed by atoms with Crippen molar-refractivity contribution in [2.45, 2.75) is 61.8 Å². The normalized spacial score (nSPS) is 32.2. The van der Waals surface area contributed by atoms with Gasteiger partial charge in [0.25, 0.3) is 0 Å². The minimum Gasteiger partial charge on any atom is -0.380 e. The summed E-state index contributed by atoms with van der Waals surface area (Å²) in [7, 11) is -3.88. The maximum absolute atomic E-state index is 13.3. The molecule has 0 radical (unpaired) electrons. The van der Waals surface area contributed by atoms with Crippen molar-refractivity contribution in [1.82, 2.24) is 14.2 Å². The van der Waals surface area contributed by atoms with Gasteiger partial charge in [-0.3, -0.25) is 4.90 Å². The van der Waals surface area contributed by atoms with E-state index in [-0.39, 0.29) is 22.7 Å². The topological polar surface area (TPSA) is 62.7 Å². The zero-order chi connectivity index (χ0) is 20.6. The van der Waals surface area contributed by atoms with Gasteiger partial charge in [-0.2, -0.15) is 17.5 Å². The minimum atomic E-state index is -4.59. The molecule has 4 aliphatic heterocycles. The highest BCUT2D eigenvalue weighted by molar-refractivity contribution is 7.89. The van der Waals surface area contributed by atoms with Gasteiger partial charge in [-0.15, -0.1) is 0 Å². The molecule has 0 amide bonds. The third kappa shape index (κ3) is 3.10. The van der Waals surface area contributed by atoms with Crippen molar-refractivity contribution in [2.24, 2.45) is 5.41 Å². The monoisotopic (exact) mass is 431 g/mol. The van der Waals surface area contributed by atoms with E-state index >= 15 is 0 Å². The zero-order valence-corrected chi connectivity index (χ0v) is 17.0. The van der Waals surface area contributed by atoms with Gasteiger partial charge in [-0.1, -0.05) is 0 Å². The van der Waals surface area contributed by atoms with E-state index in [9.17, 15) is 21.6 Å². The number of alkyl halides is 3. The van der Waals surface area contributed by atoms with Crippen molar-refractivity contribution in [1.29, 1.82) is 0 Å². The molecule has 4 fully saturated rings. The highest BCUT2D eigenvalue weighted by Crippen LogP contribution is 2.46. The Morgan fingerprint density at radius 2 is 1.72 bits per heavy atom. The third-order valence-corrected chi connectivity index (χ3v) is 9.07. The molecule has 2 atom stereocenters. The summed E-state index contributed by atoms with van der Waals surface area (Å²) in [6, 6.07) is 1.99. The summed E-state index contributed by atoms with van der Waals surface area (Å²) >= 11 is 0. The molecule has 2 bridgehead atoms. The fourth-order valence-corrected chi connectivity index (χ4v) is 7.59. The number of fused-ring (bicyclic) bond motifs is 2. The average Bonchev–Trinajstić information content (AvgIpc) is 2.83. The van der Waals surface area contributed by atoms with Crippen molar-refractivity contribution < 1.29 is 26.3 Å². The molecule has 0 aromatic carbocycles. The number of hydrogen-bond acceptors (Lipinski definition) is 5. The van der Waals surface area contributed by atoms with Crippen LogP contribution < -0.4 is 0 Å². The lowest BCUT2D eigenvalue weighted by atomic mass is 9.76. The van der Waals surface area contributed by atoms with Crippen molar-refractivity contribution in [3.63, 3.8) is 0 Å². The van der Waals surface area contributed by atoms with Gasteiger partial charge >= 0.3 is 6.18 Å². The van der Waals surface area contributed by atoms with Gasteiger partial charge < -0.3 is 4.74 Å². The molecular weight excluding hydrogens is 407 g/mol. The Bertz CT molecular complexity index is 910. The molecule has 4 aliphatic rings. The molecule has 1 spiro atoms. The second-order valence-electron chi connectivity index (χ2n) is 9.02. The first-order valence-electron chi connectivity index (χ1n) is 9.99. The Hall–Kier alpha value is -1.23. The van der Waals surface area contributed by atoms with Crippen LogP contribution in [0.3, 0.4) is 0 Å². The van der Waals surface area contributed by atoms with Gasteiger partial charge in [0.1, 0.15) is 10.6 Å². The minimum absolute atomic E-state index is 0.0976. The number of sulfonamides is 1. The van der Waals surface area contributed by atoms with Crippen molar-refractivity contribution in [3.05, 3.63) is 23.5 Å². The molecule has 1 aromatic heterocycles. The quantitative estimate of drug-likeness (QED) is 0.736. The van der Waals surface area contributed by atoms with E-state index in [1.165, 1.54) is 6.92 Å². The van der Waals surface area contributed by atoms with Gasteiger partial charge in [-0.05, 0) is 44.7 Å². The summed E-state index contributed by atoms with van der Waals surface area (Å²) in [6.07, 6.45) is -1.44. The number of aryl methyl sites for hydroxylation is 1. The van der Waals surface area contributed by atoms with E-state index < -0.39 is 21.9 Å². The summed E-state index contributed by atoms with van der Waals surface area (Å²) in [5.41, 5.74) is -0.844. The Labute approximate surface area is 168 Å². The molecule has 0 N–H and O–H groups in total. The molecule has 10 heteroatoms. The predicted octanol–water partition coefficient (Wildman–Crippen LogP) is 2.43. The molecule has 5 rings (SSSR count). The molecule has 5 heterocycles. The van der Waals surface area contributed by atoms with E-state index in [1.54, 1.807) is 4.31 Å². The van der Waals surface area contributed by atoms with Crippen LogP contribution in [0, 0.1) is 12.3 Å². The second-order valence-corrected chi connectivity index (χ2v) is 10.8. The van der Waals surface area contributed by atoms with Crippen molar-refractivity contribution in [2.75, 3.05) is 26.3 Å². The number of ether oxygens (including phenoxy) is 1. The first-order chi connectivity index (χ1) is 13.6. The van der Waals surface area contributed by atoms with Crippen LogP contribution in [-0.2, 0) is 20.9 Å². The van der Waals surface area contributed by atoms with Crippen LogP contribution in [-0.4, -0.2) is 67.0 Å². The molecule has 29 heavy (non-hydrogen) atoms. The summed E-state index contributed by atoms with van der Waals surface area (Å²) in [5, 5.41) is 0. The average molecular weight is 431 g/mol. The fraction of sp³-hybridized carbons (Fsp3) is 0.737. The van der Waals surface area contributed by atoms with Gasteiger partial charge in [-0.25, -0.2) is 13.4 Å². The molecule has 0 saturated carbocycles. The lowest BCUT2D eigenvalue weighted by Crippen LogP contribution is -2.69. The second kappa shape index (κ2) is 6.38. The van der Waals surface area contributed by atoms with E-state index in [1.807, 2.05) is 0 Å². The highest BCUT2D eigenvalue weighted by Gasteiger charge is 2.55. The molecular formula is C19H24F3N3O3S. The zero-order valence-electron chi connectivity index (χ0n) is 16.2. The molecule has 2 unspecified atom stereocenters. The summed E-state index contributed by atoms with van der Waals surface area (Å²) < 4.78 is 72.2. The molecule has 1 aromatic rings. The van der Waals surface area contributed by atoms with E-state index in [4.69, 9.17) is 4.74 Å². The number of aromatic nitrogens is 1. The van der Waals surface area contributed by atoms with Gasteiger partial charge in [0.05, 0.1) is 18.9 Å². The summed E-state index contributed by atoms with van der Waals surface area (Å²) in [5.74, 6) is 0. The van der Waals surface area contributed by atoms with E-state index in [0.717, 1.165) is 64.1 Å². The van der Waals surface area contributed by atoms with Crippen LogP contribution in [0.15, 0.2) is 17.0 Å². The standard InChI is InChI=1S/C19H24F3N3O3S/c1-12-16(4-5-17(23-12)19(20,21)22)29(26,27)25-13-2-3-14(25)7-15(6-13)24-8-18(9-24)10-28-11-18/h4-5,13-15H,2-3,6-11H2,1H3. The van der Waals surface area contributed by atoms with Crippen molar-refractivity contribution in [3.8, 4) is 0 Å². The first kappa shape index (κ1) is 19.7. The molecule has 6 nitrogen and oxygen atoms in total. The van der Waals surface area contributed by atoms with Gasteiger partial charge in [0, 0.05) is 36.6 Å². The predicted molar refractivity (Wildman–Crippen MR) is 97.7 cm³/mol. The molecule has 160 valence electrons. The lowest BCUT2D eigenvalue weighted by molar-refractivity contribution is -0.201. The summed E-state index contributed by atoms with van der Waals surface area (Å²) in [6.45, 7) is 5.02. The maximum Gasteiger partial charge on any atom is 0.433 e. The van der Waals surface area contributed by atoms with Crippen LogP contribution in [0.1, 0.15) is 37.1 Å². The number of halogens is 3. The van der Waals surface area contributed by atoms with Gasteiger partial charge in [0.2, 0.25) is 10.0 Å². The molecule has 4 saturated heterocycles. The summed E-state index contributed by atoms with van der Waals surface area (Å²) in [4.78, 5) is 5.85. The first-order valence-corrected chi connectivity index (χ1v) is 11.4. The Morgan fingerprint density at radius 1 is 1.10 bits per heavy atom. The Kier molecular flexibility index (Phi) is 4.34.